The summed E-state index contributed by atoms with van der Waals surface area (Å²) in [6, 6.07) is 14.9. The number of benzene rings is 1. The van der Waals surface area contributed by atoms with Crippen LogP contribution in [0.25, 0.3) is 33.2 Å². The van der Waals surface area contributed by atoms with Crippen LogP contribution in [0.1, 0.15) is 11.1 Å². The Bertz CT molecular complexity index is 1110. The van der Waals surface area contributed by atoms with Gasteiger partial charge >= 0.3 is 0 Å². The molecule has 0 amide bonds. The topological polar surface area (TPSA) is 54.0 Å². The number of H-pyrrole nitrogens is 1. The van der Waals surface area contributed by atoms with Gasteiger partial charge in [-0.1, -0.05) is 24.3 Å². The van der Waals surface area contributed by atoms with Crippen molar-refractivity contribution in [1.29, 1.82) is 0 Å². The fourth-order valence-corrected chi connectivity index (χ4v) is 4.74. The van der Waals surface area contributed by atoms with E-state index in [4.69, 9.17) is 9.72 Å². The summed E-state index contributed by atoms with van der Waals surface area (Å²) >= 11 is 1.74. The second-order valence-corrected chi connectivity index (χ2v) is 8.48. The van der Waals surface area contributed by atoms with Crippen molar-refractivity contribution in [2.24, 2.45) is 0 Å². The Balaban J connectivity index is 1.47. The number of imidazole rings is 1. The normalized spacial score (nSPS) is 14.8. The van der Waals surface area contributed by atoms with Crippen molar-refractivity contribution in [3.8, 4) is 33.2 Å². The molecule has 3 aromatic heterocycles. The molecule has 0 atom stereocenters. The number of nitrogens with one attached hydrogen (secondary N) is 1. The van der Waals surface area contributed by atoms with Crippen LogP contribution in [0.5, 0.6) is 0 Å². The Hall–Kier alpha value is -2.80. The minimum Gasteiger partial charge on any atom is -0.379 e. The SMILES string of the molecule is Cc1ccsc1-c1[nH]c(-c2ccc(CN3CCOCC3)cc2)nc1-c1ccncc1. The van der Waals surface area contributed by atoms with Gasteiger partial charge in [0.15, 0.2) is 0 Å². The first-order chi connectivity index (χ1) is 14.8. The molecule has 0 bridgehead atoms. The molecule has 5 nitrogen and oxygen atoms in total. The highest BCUT2D eigenvalue weighted by Gasteiger charge is 2.18. The van der Waals surface area contributed by atoms with Crippen LogP contribution in [0.3, 0.4) is 0 Å². The number of rotatable bonds is 5. The standard InChI is InChI=1S/C24H24N4OS/c1-17-8-15-30-23(17)22-21(19-6-9-25-10-7-19)26-24(27-22)20-4-2-18(3-5-20)16-28-11-13-29-14-12-28/h2-10,15H,11-14,16H2,1H3,(H,26,27). The van der Waals surface area contributed by atoms with E-state index in [0.717, 1.165) is 61.2 Å². The van der Waals surface area contributed by atoms with E-state index in [1.54, 1.807) is 11.3 Å². The summed E-state index contributed by atoms with van der Waals surface area (Å²) in [5.41, 5.74) is 6.77. The molecule has 0 unspecified atom stereocenters. The summed E-state index contributed by atoms with van der Waals surface area (Å²) in [7, 11) is 0. The third-order valence-corrected chi connectivity index (χ3v) is 6.52. The van der Waals surface area contributed by atoms with Gasteiger partial charge in [-0.15, -0.1) is 11.3 Å². The molecule has 1 fully saturated rings. The highest BCUT2D eigenvalue weighted by Crippen LogP contribution is 2.37. The summed E-state index contributed by atoms with van der Waals surface area (Å²) in [5, 5.41) is 2.13. The van der Waals surface area contributed by atoms with Gasteiger partial charge in [0.25, 0.3) is 0 Å². The number of morpholine rings is 1. The van der Waals surface area contributed by atoms with Crippen molar-refractivity contribution in [2.75, 3.05) is 26.3 Å². The van der Waals surface area contributed by atoms with E-state index < -0.39 is 0 Å². The first-order valence-corrected chi connectivity index (χ1v) is 11.1. The molecule has 1 N–H and O–H groups in total. The monoisotopic (exact) mass is 416 g/mol. The third-order valence-electron chi connectivity index (χ3n) is 5.48. The Morgan fingerprint density at radius 1 is 1.00 bits per heavy atom. The first kappa shape index (κ1) is 19.2. The van der Waals surface area contributed by atoms with Gasteiger partial charge in [-0.05, 0) is 41.6 Å². The number of aryl methyl sites for hydroxylation is 1. The molecule has 1 aromatic carbocycles. The van der Waals surface area contributed by atoms with Crippen molar-refractivity contribution in [2.45, 2.75) is 13.5 Å². The molecule has 0 aliphatic carbocycles. The molecular weight excluding hydrogens is 392 g/mol. The van der Waals surface area contributed by atoms with Crippen LogP contribution >= 0.6 is 11.3 Å². The number of thiophene rings is 1. The molecule has 0 spiro atoms. The highest BCUT2D eigenvalue weighted by atomic mass is 32.1. The van der Waals surface area contributed by atoms with E-state index >= 15 is 0 Å². The number of ether oxygens (including phenoxy) is 1. The van der Waals surface area contributed by atoms with Gasteiger partial charge in [-0.2, -0.15) is 0 Å². The molecule has 1 aliphatic rings. The summed E-state index contributed by atoms with van der Waals surface area (Å²) in [6.45, 7) is 6.75. The molecular formula is C24H24N4OS. The Kier molecular flexibility index (Phi) is 5.45. The van der Waals surface area contributed by atoms with Crippen molar-refractivity contribution in [1.82, 2.24) is 19.9 Å². The maximum absolute atomic E-state index is 5.45. The fraction of sp³-hybridized carbons (Fsp3) is 0.250. The minimum absolute atomic E-state index is 0.827. The minimum atomic E-state index is 0.827. The average Bonchev–Trinajstić information content (AvgIpc) is 3.42. The third kappa shape index (κ3) is 3.94. The Labute approximate surface area is 180 Å². The van der Waals surface area contributed by atoms with Gasteiger partial charge in [0, 0.05) is 43.2 Å². The fourth-order valence-electron chi connectivity index (χ4n) is 3.81. The van der Waals surface area contributed by atoms with Crippen LogP contribution in [0.4, 0.5) is 0 Å². The van der Waals surface area contributed by atoms with E-state index in [9.17, 15) is 0 Å². The van der Waals surface area contributed by atoms with Gasteiger partial charge in [-0.3, -0.25) is 9.88 Å². The molecule has 0 saturated carbocycles. The molecule has 5 rings (SSSR count). The zero-order valence-corrected chi connectivity index (χ0v) is 17.8. The maximum atomic E-state index is 5.45. The van der Waals surface area contributed by atoms with Gasteiger partial charge in [0.05, 0.1) is 29.5 Å². The molecule has 1 saturated heterocycles. The number of nitrogens with zero attached hydrogens (tertiary/aromatic N) is 3. The number of aromatic amines is 1. The zero-order chi connectivity index (χ0) is 20.3. The van der Waals surface area contributed by atoms with Crippen molar-refractivity contribution in [3.63, 3.8) is 0 Å². The predicted molar refractivity (Wildman–Crippen MR) is 121 cm³/mol. The van der Waals surface area contributed by atoms with Crippen LogP contribution in [0.15, 0.2) is 60.2 Å². The molecule has 152 valence electrons. The average molecular weight is 417 g/mol. The lowest BCUT2D eigenvalue weighted by atomic mass is 10.1. The molecule has 6 heteroatoms. The van der Waals surface area contributed by atoms with Gasteiger partial charge in [-0.25, -0.2) is 4.98 Å². The van der Waals surface area contributed by atoms with Crippen molar-refractivity contribution < 1.29 is 4.74 Å². The van der Waals surface area contributed by atoms with Crippen LogP contribution in [-0.4, -0.2) is 46.2 Å². The number of hydrogen-bond acceptors (Lipinski definition) is 5. The van der Waals surface area contributed by atoms with Crippen molar-refractivity contribution in [3.05, 3.63) is 71.4 Å². The largest absolute Gasteiger partial charge is 0.379 e. The number of pyridine rings is 1. The van der Waals surface area contributed by atoms with Gasteiger partial charge in [0.2, 0.25) is 0 Å². The molecule has 4 aromatic rings. The van der Waals surface area contributed by atoms with Crippen LogP contribution in [0.2, 0.25) is 0 Å². The predicted octanol–water partition coefficient (Wildman–Crippen LogP) is 5.01. The van der Waals surface area contributed by atoms with Gasteiger partial charge < -0.3 is 9.72 Å². The van der Waals surface area contributed by atoms with Crippen LogP contribution in [-0.2, 0) is 11.3 Å². The molecule has 1 aliphatic heterocycles. The summed E-state index contributed by atoms with van der Waals surface area (Å²) in [6.07, 6.45) is 3.63. The Morgan fingerprint density at radius 2 is 1.77 bits per heavy atom. The second-order valence-electron chi connectivity index (χ2n) is 7.56. The molecule has 4 heterocycles. The van der Waals surface area contributed by atoms with E-state index in [0.29, 0.717) is 0 Å². The van der Waals surface area contributed by atoms with E-state index in [-0.39, 0.29) is 0 Å². The smallest absolute Gasteiger partial charge is 0.138 e. The lowest BCUT2D eigenvalue weighted by Gasteiger charge is -2.26. The van der Waals surface area contributed by atoms with Crippen molar-refractivity contribution >= 4 is 11.3 Å². The van der Waals surface area contributed by atoms with Gasteiger partial charge in [0.1, 0.15) is 5.82 Å². The Morgan fingerprint density at radius 3 is 2.47 bits per heavy atom. The number of aromatic nitrogens is 3. The summed E-state index contributed by atoms with van der Waals surface area (Å²) < 4.78 is 5.45. The number of hydrogen-bond donors (Lipinski definition) is 1. The first-order valence-electron chi connectivity index (χ1n) is 10.2. The maximum Gasteiger partial charge on any atom is 0.138 e. The second kappa shape index (κ2) is 8.52. The lowest BCUT2D eigenvalue weighted by Crippen LogP contribution is -2.35. The highest BCUT2D eigenvalue weighted by molar-refractivity contribution is 7.13. The molecule has 30 heavy (non-hydrogen) atoms. The van der Waals surface area contributed by atoms with E-state index in [2.05, 4.69) is 57.5 Å². The van der Waals surface area contributed by atoms with Crippen LogP contribution in [0, 0.1) is 6.92 Å². The van der Waals surface area contributed by atoms with E-state index in [1.807, 2.05) is 24.5 Å². The lowest BCUT2D eigenvalue weighted by molar-refractivity contribution is 0.0342. The summed E-state index contributed by atoms with van der Waals surface area (Å²) in [5.74, 6) is 0.891. The quantitative estimate of drug-likeness (QED) is 0.497. The molecule has 0 radical (unpaired) electrons. The van der Waals surface area contributed by atoms with Crippen LogP contribution < -0.4 is 0 Å². The zero-order valence-electron chi connectivity index (χ0n) is 17.0. The van der Waals surface area contributed by atoms with E-state index in [1.165, 1.54) is 16.0 Å². The summed E-state index contributed by atoms with van der Waals surface area (Å²) in [4.78, 5) is 16.4.